The van der Waals surface area contributed by atoms with Crippen LogP contribution in [0.2, 0.25) is 0 Å². The van der Waals surface area contributed by atoms with Crippen LogP contribution in [0, 0.1) is 11.8 Å². The molecule has 4 heteroatoms. The van der Waals surface area contributed by atoms with Crippen molar-refractivity contribution < 1.29 is 9.90 Å². The summed E-state index contributed by atoms with van der Waals surface area (Å²) in [5, 5.41) is 10.9. The van der Waals surface area contributed by atoms with E-state index >= 15 is 0 Å². The number of carboxylic acids is 1. The van der Waals surface area contributed by atoms with E-state index in [4.69, 9.17) is 5.11 Å². The van der Waals surface area contributed by atoms with E-state index in [1.807, 2.05) is 0 Å². The predicted molar refractivity (Wildman–Crippen MR) is 64.8 cm³/mol. The first kappa shape index (κ1) is 11.6. The monoisotopic (exact) mass is 239 g/mol. The van der Waals surface area contributed by atoms with E-state index in [-0.39, 0.29) is 5.92 Å². The van der Waals surface area contributed by atoms with Crippen LogP contribution in [0.3, 0.4) is 0 Å². The molecule has 0 aromatic carbocycles. The molecule has 1 aromatic rings. The molecule has 2 atom stereocenters. The van der Waals surface area contributed by atoms with E-state index in [9.17, 15) is 4.79 Å². The molecule has 0 spiro atoms. The first-order chi connectivity index (χ1) is 7.66. The van der Waals surface area contributed by atoms with Gasteiger partial charge in [-0.1, -0.05) is 6.07 Å². The Morgan fingerprint density at radius 1 is 1.69 bits per heavy atom. The van der Waals surface area contributed by atoms with Crippen molar-refractivity contribution in [2.45, 2.75) is 12.8 Å². The lowest BCUT2D eigenvalue weighted by Gasteiger charge is -2.15. The van der Waals surface area contributed by atoms with Crippen LogP contribution in [0.1, 0.15) is 11.3 Å². The number of carbonyl (C=O) groups is 1. The SMILES string of the molecule is CN(CCc1cccs1)CC1CC1C(=O)O. The molecule has 0 bridgehead atoms. The minimum atomic E-state index is -0.628. The average molecular weight is 239 g/mol. The van der Waals surface area contributed by atoms with Gasteiger partial charge >= 0.3 is 5.97 Å². The summed E-state index contributed by atoms with van der Waals surface area (Å²) in [6, 6.07) is 4.22. The van der Waals surface area contributed by atoms with E-state index in [0.29, 0.717) is 5.92 Å². The fourth-order valence-electron chi connectivity index (χ4n) is 2.00. The molecule has 1 aliphatic carbocycles. The van der Waals surface area contributed by atoms with Gasteiger partial charge in [0.25, 0.3) is 0 Å². The van der Waals surface area contributed by atoms with Crippen LogP contribution in [-0.2, 0) is 11.2 Å². The van der Waals surface area contributed by atoms with Gasteiger partial charge in [-0.3, -0.25) is 4.79 Å². The Labute approximate surface area is 99.7 Å². The summed E-state index contributed by atoms with van der Waals surface area (Å²) in [5.41, 5.74) is 0. The summed E-state index contributed by atoms with van der Waals surface area (Å²) in [4.78, 5) is 14.3. The van der Waals surface area contributed by atoms with Crippen molar-refractivity contribution in [2.75, 3.05) is 20.1 Å². The lowest BCUT2D eigenvalue weighted by molar-refractivity contribution is -0.138. The maximum atomic E-state index is 10.7. The molecular formula is C12H17NO2S. The highest BCUT2D eigenvalue weighted by atomic mass is 32.1. The van der Waals surface area contributed by atoms with Gasteiger partial charge in [-0.2, -0.15) is 0 Å². The smallest absolute Gasteiger partial charge is 0.306 e. The Balaban J connectivity index is 1.66. The lowest BCUT2D eigenvalue weighted by Crippen LogP contribution is -2.24. The van der Waals surface area contributed by atoms with Gasteiger partial charge in [0.2, 0.25) is 0 Å². The van der Waals surface area contributed by atoms with Crippen LogP contribution in [-0.4, -0.2) is 36.1 Å². The first-order valence-electron chi connectivity index (χ1n) is 5.60. The third-order valence-electron chi connectivity index (χ3n) is 3.11. The predicted octanol–water partition coefficient (Wildman–Crippen LogP) is 1.94. The maximum absolute atomic E-state index is 10.7. The van der Waals surface area contributed by atoms with Crippen molar-refractivity contribution in [2.24, 2.45) is 11.8 Å². The molecule has 0 saturated heterocycles. The second-order valence-electron chi connectivity index (χ2n) is 4.53. The number of carboxylic acid groups (broad SMARTS) is 1. The van der Waals surface area contributed by atoms with Gasteiger partial charge in [0, 0.05) is 18.0 Å². The molecule has 1 heterocycles. The molecule has 0 amide bonds. The quantitative estimate of drug-likeness (QED) is 0.824. The first-order valence-corrected chi connectivity index (χ1v) is 6.48. The fourth-order valence-corrected chi connectivity index (χ4v) is 2.70. The Bertz CT molecular complexity index is 350. The van der Waals surface area contributed by atoms with Crippen molar-refractivity contribution in [1.82, 2.24) is 4.90 Å². The fraction of sp³-hybridized carbons (Fsp3) is 0.583. The topological polar surface area (TPSA) is 40.5 Å². The van der Waals surface area contributed by atoms with Gasteiger partial charge in [-0.25, -0.2) is 0 Å². The minimum absolute atomic E-state index is 0.0795. The second kappa shape index (κ2) is 4.97. The van der Waals surface area contributed by atoms with Crippen LogP contribution in [0.25, 0.3) is 0 Å². The van der Waals surface area contributed by atoms with Crippen molar-refractivity contribution >= 4 is 17.3 Å². The van der Waals surface area contributed by atoms with Gasteiger partial charge in [-0.15, -0.1) is 11.3 Å². The molecule has 0 aliphatic heterocycles. The van der Waals surface area contributed by atoms with Crippen molar-refractivity contribution in [1.29, 1.82) is 0 Å². The molecule has 0 radical (unpaired) electrons. The number of hydrogen-bond acceptors (Lipinski definition) is 3. The minimum Gasteiger partial charge on any atom is -0.481 e. The van der Waals surface area contributed by atoms with Crippen LogP contribution < -0.4 is 0 Å². The number of nitrogens with zero attached hydrogens (tertiary/aromatic N) is 1. The molecule has 1 aliphatic rings. The third kappa shape index (κ3) is 3.06. The Morgan fingerprint density at radius 3 is 3.06 bits per heavy atom. The summed E-state index contributed by atoms with van der Waals surface area (Å²) in [6.45, 7) is 1.94. The van der Waals surface area contributed by atoms with Gasteiger partial charge in [0.05, 0.1) is 5.92 Å². The van der Waals surface area contributed by atoms with Crippen LogP contribution in [0.4, 0.5) is 0 Å². The zero-order valence-corrected chi connectivity index (χ0v) is 10.2. The molecule has 1 N–H and O–H groups in total. The highest BCUT2D eigenvalue weighted by Crippen LogP contribution is 2.38. The van der Waals surface area contributed by atoms with Gasteiger partial charge in [-0.05, 0) is 37.3 Å². The Morgan fingerprint density at radius 2 is 2.50 bits per heavy atom. The second-order valence-corrected chi connectivity index (χ2v) is 5.56. The lowest BCUT2D eigenvalue weighted by atomic mass is 10.3. The maximum Gasteiger partial charge on any atom is 0.306 e. The molecule has 88 valence electrons. The van der Waals surface area contributed by atoms with Gasteiger partial charge in [0.1, 0.15) is 0 Å². The molecular weight excluding hydrogens is 222 g/mol. The van der Waals surface area contributed by atoms with Crippen LogP contribution in [0.15, 0.2) is 17.5 Å². The van der Waals surface area contributed by atoms with Gasteiger partial charge in [0.15, 0.2) is 0 Å². The standard InChI is InChI=1S/C12H17NO2S/c1-13(5-4-10-3-2-6-16-10)8-9-7-11(9)12(14)15/h2-3,6,9,11H,4-5,7-8H2,1H3,(H,14,15). The number of likely N-dealkylation sites (N-methyl/N-ethyl adjacent to an activating group) is 1. The summed E-state index contributed by atoms with van der Waals surface area (Å²) in [6.07, 6.45) is 1.93. The van der Waals surface area contributed by atoms with E-state index < -0.39 is 5.97 Å². The summed E-state index contributed by atoms with van der Waals surface area (Å²) >= 11 is 1.78. The molecule has 1 saturated carbocycles. The van der Waals surface area contributed by atoms with Crippen LogP contribution in [0.5, 0.6) is 0 Å². The molecule has 3 nitrogen and oxygen atoms in total. The molecule has 1 aromatic heterocycles. The van der Waals surface area contributed by atoms with Crippen molar-refractivity contribution in [3.05, 3.63) is 22.4 Å². The highest BCUT2D eigenvalue weighted by molar-refractivity contribution is 7.09. The Kier molecular flexibility index (Phi) is 3.61. The molecule has 2 unspecified atom stereocenters. The van der Waals surface area contributed by atoms with Crippen molar-refractivity contribution in [3.63, 3.8) is 0 Å². The summed E-state index contributed by atoms with van der Waals surface area (Å²) in [5.74, 6) is -0.327. The van der Waals surface area contributed by atoms with E-state index in [0.717, 1.165) is 25.9 Å². The third-order valence-corrected chi connectivity index (χ3v) is 4.04. The zero-order valence-electron chi connectivity index (χ0n) is 9.43. The molecule has 16 heavy (non-hydrogen) atoms. The normalized spacial score (nSPS) is 23.6. The molecule has 2 rings (SSSR count). The Hall–Kier alpha value is -0.870. The number of rotatable bonds is 6. The van der Waals surface area contributed by atoms with E-state index in [1.165, 1.54) is 4.88 Å². The number of aliphatic carboxylic acids is 1. The van der Waals surface area contributed by atoms with E-state index in [2.05, 4.69) is 29.5 Å². The summed E-state index contributed by atoms with van der Waals surface area (Å²) < 4.78 is 0. The van der Waals surface area contributed by atoms with Gasteiger partial charge < -0.3 is 10.0 Å². The number of hydrogen-bond donors (Lipinski definition) is 1. The van der Waals surface area contributed by atoms with Crippen molar-refractivity contribution in [3.8, 4) is 0 Å². The van der Waals surface area contributed by atoms with E-state index in [1.54, 1.807) is 11.3 Å². The largest absolute Gasteiger partial charge is 0.481 e. The zero-order chi connectivity index (χ0) is 11.5. The molecule has 1 fully saturated rings. The number of thiophene rings is 1. The highest BCUT2D eigenvalue weighted by Gasteiger charge is 2.43. The average Bonchev–Trinajstić information content (AvgIpc) is 2.81. The summed E-state index contributed by atoms with van der Waals surface area (Å²) in [7, 11) is 2.07. The van der Waals surface area contributed by atoms with Crippen LogP contribution >= 0.6 is 11.3 Å².